The number of rotatable bonds is 7. The van der Waals surface area contributed by atoms with E-state index in [1.54, 1.807) is 0 Å². The van der Waals surface area contributed by atoms with Crippen LogP contribution in [0.5, 0.6) is 0 Å². The summed E-state index contributed by atoms with van der Waals surface area (Å²) >= 11 is 0. The largest absolute Gasteiger partial charge is 0.463 e. The number of esters is 2. The molecular weight excluding hydrogens is 314 g/mol. The first-order valence-corrected chi connectivity index (χ1v) is 6.81. The molecule has 0 aromatic heterocycles. The summed E-state index contributed by atoms with van der Waals surface area (Å²) < 4.78 is 35.2. The maximum atomic E-state index is 13.2. The molecule has 6 nitrogen and oxygen atoms in total. The van der Waals surface area contributed by atoms with E-state index < -0.39 is 41.4 Å². The average Bonchev–Trinajstić information content (AvgIpc) is 2.50. The van der Waals surface area contributed by atoms with Crippen LogP contribution in [0.25, 0.3) is 0 Å². The van der Waals surface area contributed by atoms with E-state index in [1.165, 1.54) is 13.8 Å². The molecule has 0 aliphatic heterocycles. The number of benzene rings is 1. The van der Waals surface area contributed by atoms with Crippen molar-refractivity contribution in [2.24, 2.45) is 0 Å². The first-order valence-electron chi connectivity index (χ1n) is 6.81. The summed E-state index contributed by atoms with van der Waals surface area (Å²) in [5.74, 6) is -6.09. The normalized spacial score (nSPS) is 11.0. The van der Waals surface area contributed by atoms with E-state index in [9.17, 15) is 28.3 Å². The number of carbonyl (C=O) groups excluding carboxylic acids is 3. The molecular formula is C15H16F2O6. The first kappa shape index (κ1) is 18.7. The molecule has 0 saturated carbocycles. The molecule has 1 rings (SSSR count). The van der Waals surface area contributed by atoms with Gasteiger partial charge in [0.15, 0.2) is 17.4 Å². The Morgan fingerprint density at radius 2 is 1.57 bits per heavy atom. The molecule has 0 fully saturated rings. The number of halogens is 2. The lowest BCUT2D eigenvalue weighted by molar-refractivity contribution is -0.182. The number of ether oxygens (including phenoxy) is 2. The van der Waals surface area contributed by atoms with Crippen molar-refractivity contribution in [1.82, 2.24) is 0 Å². The molecule has 0 saturated heterocycles. The Morgan fingerprint density at radius 1 is 1.04 bits per heavy atom. The fourth-order valence-corrected chi connectivity index (χ4v) is 1.73. The second kappa shape index (κ2) is 7.77. The van der Waals surface area contributed by atoms with Crippen molar-refractivity contribution in [1.29, 1.82) is 0 Å². The van der Waals surface area contributed by atoms with Crippen LogP contribution in [-0.4, -0.2) is 41.6 Å². The van der Waals surface area contributed by atoms with Gasteiger partial charge in [0.1, 0.15) is 0 Å². The van der Waals surface area contributed by atoms with Crippen molar-refractivity contribution >= 4 is 17.7 Å². The van der Waals surface area contributed by atoms with Crippen LogP contribution in [0.3, 0.4) is 0 Å². The van der Waals surface area contributed by atoms with Gasteiger partial charge in [-0.05, 0) is 32.0 Å². The quantitative estimate of drug-likeness (QED) is 0.462. The summed E-state index contributed by atoms with van der Waals surface area (Å²) in [5, 5.41) is 10.2. The number of aliphatic hydroxyl groups is 1. The zero-order valence-corrected chi connectivity index (χ0v) is 12.6. The van der Waals surface area contributed by atoms with Gasteiger partial charge in [-0.15, -0.1) is 0 Å². The van der Waals surface area contributed by atoms with Crippen LogP contribution in [-0.2, 0) is 19.1 Å². The van der Waals surface area contributed by atoms with E-state index in [4.69, 9.17) is 0 Å². The summed E-state index contributed by atoms with van der Waals surface area (Å²) in [5.41, 5.74) is -3.16. The Balaban J connectivity index is 3.08. The number of hydrogen-bond donors (Lipinski definition) is 1. The second-order valence-electron chi connectivity index (χ2n) is 4.53. The first-order chi connectivity index (χ1) is 10.8. The maximum absolute atomic E-state index is 13.2. The van der Waals surface area contributed by atoms with Crippen LogP contribution in [0.4, 0.5) is 8.78 Å². The van der Waals surface area contributed by atoms with Crippen molar-refractivity contribution in [2.75, 3.05) is 13.2 Å². The van der Waals surface area contributed by atoms with Crippen molar-refractivity contribution < 1.29 is 37.7 Å². The van der Waals surface area contributed by atoms with Crippen LogP contribution in [0.1, 0.15) is 30.6 Å². The van der Waals surface area contributed by atoms with Gasteiger partial charge in [-0.1, -0.05) is 0 Å². The van der Waals surface area contributed by atoms with Crippen molar-refractivity contribution in [3.8, 4) is 0 Å². The SMILES string of the molecule is CCOC(=O)C(O)(CC(=O)c1ccc(F)c(F)c1)C(=O)OCC. The number of Topliss-reactive ketones (excluding diaryl/α,β-unsaturated/α-hetero) is 1. The smallest absolute Gasteiger partial charge is 0.350 e. The summed E-state index contributed by atoms with van der Waals surface area (Å²) in [6, 6.07) is 2.29. The Hall–Kier alpha value is -2.35. The Bertz CT molecular complexity index is 596. The highest BCUT2D eigenvalue weighted by Crippen LogP contribution is 2.20. The van der Waals surface area contributed by atoms with Gasteiger partial charge in [-0.3, -0.25) is 4.79 Å². The molecule has 1 aromatic carbocycles. The minimum absolute atomic E-state index is 0.139. The molecule has 0 unspecified atom stereocenters. The molecule has 0 aliphatic carbocycles. The van der Waals surface area contributed by atoms with Crippen LogP contribution in [0.15, 0.2) is 18.2 Å². The van der Waals surface area contributed by atoms with Gasteiger partial charge in [-0.25, -0.2) is 18.4 Å². The standard InChI is InChI=1S/C15H16F2O6/c1-3-22-13(19)15(21,14(20)23-4-2)8-12(18)9-5-6-10(16)11(17)7-9/h5-7,21H,3-4,8H2,1-2H3. The molecule has 0 amide bonds. The van der Waals surface area contributed by atoms with Crippen LogP contribution >= 0.6 is 0 Å². The van der Waals surface area contributed by atoms with E-state index in [2.05, 4.69) is 9.47 Å². The molecule has 0 spiro atoms. The zero-order valence-electron chi connectivity index (χ0n) is 12.6. The Kier molecular flexibility index (Phi) is 6.32. The summed E-state index contributed by atoms with van der Waals surface area (Å²) in [4.78, 5) is 35.7. The monoisotopic (exact) mass is 330 g/mol. The molecule has 0 bridgehead atoms. The highest BCUT2D eigenvalue weighted by molar-refractivity contribution is 6.10. The van der Waals surface area contributed by atoms with Gasteiger partial charge < -0.3 is 14.6 Å². The highest BCUT2D eigenvalue weighted by Gasteiger charge is 2.49. The van der Waals surface area contributed by atoms with Crippen molar-refractivity contribution in [3.05, 3.63) is 35.4 Å². The molecule has 23 heavy (non-hydrogen) atoms. The van der Waals surface area contributed by atoms with E-state index in [-0.39, 0.29) is 18.8 Å². The van der Waals surface area contributed by atoms with Crippen molar-refractivity contribution in [2.45, 2.75) is 25.9 Å². The van der Waals surface area contributed by atoms with E-state index in [0.717, 1.165) is 12.1 Å². The van der Waals surface area contributed by atoms with Gasteiger partial charge in [0.2, 0.25) is 0 Å². The third-order valence-electron chi connectivity index (χ3n) is 2.88. The van der Waals surface area contributed by atoms with Gasteiger partial charge in [0, 0.05) is 5.56 Å². The maximum Gasteiger partial charge on any atom is 0.350 e. The predicted molar refractivity (Wildman–Crippen MR) is 73.5 cm³/mol. The zero-order chi connectivity index (χ0) is 17.6. The molecule has 1 aromatic rings. The summed E-state index contributed by atoms with van der Waals surface area (Å²) in [6.45, 7) is 2.61. The van der Waals surface area contributed by atoms with Gasteiger partial charge in [-0.2, -0.15) is 0 Å². The minimum Gasteiger partial charge on any atom is -0.463 e. The van der Waals surface area contributed by atoms with Gasteiger partial charge in [0.05, 0.1) is 19.6 Å². The fraction of sp³-hybridized carbons (Fsp3) is 0.400. The molecule has 0 heterocycles. The van der Waals surface area contributed by atoms with Crippen LogP contribution in [0.2, 0.25) is 0 Å². The molecule has 126 valence electrons. The third-order valence-corrected chi connectivity index (χ3v) is 2.88. The lowest BCUT2D eigenvalue weighted by Crippen LogP contribution is -2.50. The topological polar surface area (TPSA) is 89.9 Å². The summed E-state index contributed by atoms with van der Waals surface area (Å²) in [7, 11) is 0. The molecule has 1 N–H and O–H groups in total. The second-order valence-corrected chi connectivity index (χ2v) is 4.53. The van der Waals surface area contributed by atoms with E-state index >= 15 is 0 Å². The summed E-state index contributed by atoms with van der Waals surface area (Å²) in [6.07, 6.45) is -1.02. The molecule has 8 heteroatoms. The van der Waals surface area contributed by atoms with E-state index in [1.807, 2.05) is 0 Å². The third kappa shape index (κ3) is 4.32. The van der Waals surface area contributed by atoms with E-state index in [0.29, 0.717) is 6.07 Å². The lowest BCUT2D eigenvalue weighted by Gasteiger charge is -2.22. The predicted octanol–water partition coefficient (Wildman–Crippen LogP) is 1.39. The number of ketones is 1. The molecule has 0 aliphatic rings. The minimum atomic E-state index is -2.85. The van der Waals surface area contributed by atoms with Gasteiger partial charge in [0.25, 0.3) is 5.60 Å². The average molecular weight is 330 g/mol. The van der Waals surface area contributed by atoms with Crippen LogP contribution < -0.4 is 0 Å². The number of hydrogen-bond acceptors (Lipinski definition) is 6. The number of carbonyl (C=O) groups is 3. The molecule has 0 radical (unpaired) electrons. The van der Waals surface area contributed by atoms with Gasteiger partial charge >= 0.3 is 11.9 Å². The highest BCUT2D eigenvalue weighted by atomic mass is 19.2. The van der Waals surface area contributed by atoms with Crippen LogP contribution in [0, 0.1) is 11.6 Å². The van der Waals surface area contributed by atoms with Crippen molar-refractivity contribution in [3.63, 3.8) is 0 Å². The lowest BCUT2D eigenvalue weighted by atomic mass is 9.93. The Labute approximate surface area is 131 Å². The Morgan fingerprint density at radius 3 is 2.00 bits per heavy atom. The fourth-order valence-electron chi connectivity index (χ4n) is 1.73. The molecule has 0 atom stereocenters.